The van der Waals surface area contributed by atoms with Gasteiger partial charge < -0.3 is 4.74 Å². The third-order valence-corrected chi connectivity index (χ3v) is 2.71. The van der Waals surface area contributed by atoms with Crippen LogP contribution in [-0.4, -0.2) is 17.3 Å². The smallest absolute Gasteiger partial charge is 0.346 e. The highest BCUT2D eigenvalue weighted by atomic mass is 79.9. The highest BCUT2D eigenvalue weighted by molar-refractivity contribution is 9.09. The maximum atomic E-state index is 11.3. The Bertz CT molecular complexity index is 477. The Morgan fingerprint density at radius 1 is 1.19 bits per heavy atom. The summed E-state index contributed by atoms with van der Waals surface area (Å²) >= 11 is 3.32. The molecule has 1 aliphatic heterocycles. The van der Waals surface area contributed by atoms with E-state index in [-0.39, 0.29) is 0 Å². The largest absolute Gasteiger partial charge is 0.386 e. The van der Waals surface area contributed by atoms with Crippen LogP contribution in [0, 0.1) is 0 Å². The number of cyclic esters (lactones) is 2. The SMILES string of the molecule is O=C1OC(=O)c2cc(C=CCCBr)ccc21. The fraction of sp³-hybridized carbons (Fsp3) is 0.167. The summed E-state index contributed by atoms with van der Waals surface area (Å²) in [5.74, 6) is -1.12. The van der Waals surface area contributed by atoms with Crippen LogP contribution in [0.1, 0.15) is 32.7 Å². The summed E-state index contributed by atoms with van der Waals surface area (Å²) in [4.78, 5) is 22.5. The van der Waals surface area contributed by atoms with Crippen molar-refractivity contribution in [2.24, 2.45) is 0 Å². The normalized spacial score (nSPS) is 14.3. The number of rotatable bonds is 3. The van der Waals surface area contributed by atoms with E-state index in [0.29, 0.717) is 11.1 Å². The molecule has 0 saturated heterocycles. The Hall–Kier alpha value is -1.42. The molecule has 0 aromatic heterocycles. The molecular formula is C12H9BrO3. The molecule has 2 rings (SSSR count). The lowest BCUT2D eigenvalue weighted by atomic mass is 10.1. The monoisotopic (exact) mass is 280 g/mol. The number of ether oxygens (including phenoxy) is 1. The Morgan fingerprint density at radius 2 is 1.94 bits per heavy atom. The summed E-state index contributed by atoms with van der Waals surface area (Å²) in [6.45, 7) is 0. The summed E-state index contributed by atoms with van der Waals surface area (Å²) < 4.78 is 4.50. The van der Waals surface area contributed by atoms with Gasteiger partial charge in [0.15, 0.2) is 0 Å². The maximum absolute atomic E-state index is 11.3. The number of carbonyl (C=O) groups excluding carboxylic acids is 2. The zero-order chi connectivity index (χ0) is 11.5. The van der Waals surface area contributed by atoms with Gasteiger partial charge in [0.05, 0.1) is 11.1 Å². The van der Waals surface area contributed by atoms with Gasteiger partial charge >= 0.3 is 11.9 Å². The molecule has 0 unspecified atom stereocenters. The van der Waals surface area contributed by atoms with Gasteiger partial charge in [0, 0.05) is 5.33 Å². The second kappa shape index (κ2) is 4.61. The first-order valence-electron chi connectivity index (χ1n) is 4.85. The van der Waals surface area contributed by atoms with Crippen molar-refractivity contribution in [1.82, 2.24) is 0 Å². The van der Waals surface area contributed by atoms with E-state index in [0.717, 1.165) is 17.3 Å². The molecule has 82 valence electrons. The first-order chi connectivity index (χ1) is 7.72. The highest BCUT2D eigenvalue weighted by Gasteiger charge is 2.29. The van der Waals surface area contributed by atoms with E-state index in [1.54, 1.807) is 18.2 Å². The van der Waals surface area contributed by atoms with Crippen LogP contribution in [0.15, 0.2) is 24.3 Å². The number of hydrogen-bond donors (Lipinski definition) is 0. The number of hydrogen-bond acceptors (Lipinski definition) is 3. The second-order valence-corrected chi connectivity index (χ2v) is 4.16. The lowest BCUT2D eigenvalue weighted by Gasteiger charge is -1.95. The second-order valence-electron chi connectivity index (χ2n) is 3.36. The van der Waals surface area contributed by atoms with E-state index in [2.05, 4.69) is 20.7 Å². The zero-order valence-corrected chi connectivity index (χ0v) is 9.99. The molecule has 4 heteroatoms. The zero-order valence-electron chi connectivity index (χ0n) is 8.40. The minimum absolute atomic E-state index is 0.350. The van der Waals surface area contributed by atoms with Crippen molar-refractivity contribution in [2.45, 2.75) is 6.42 Å². The van der Waals surface area contributed by atoms with Crippen LogP contribution in [0.2, 0.25) is 0 Å². The number of alkyl halides is 1. The third-order valence-electron chi connectivity index (χ3n) is 2.25. The first-order valence-corrected chi connectivity index (χ1v) is 5.97. The summed E-state index contributed by atoms with van der Waals surface area (Å²) in [5.41, 5.74) is 1.60. The van der Waals surface area contributed by atoms with Gasteiger partial charge in [-0.05, 0) is 24.1 Å². The fourth-order valence-electron chi connectivity index (χ4n) is 1.49. The van der Waals surface area contributed by atoms with Crippen molar-refractivity contribution in [1.29, 1.82) is 0 Å². The molecule has 3 nitrogen and oxygen atoms in total. The van der Waals surface area contributed by atoms with Crippen LogP contribution in [0.4, 0.5) is 0 Å². The van der Waals surface area contributed by atoms with E-state index in [4.69, 9.17) is 0 Å². The molecule has 0 spiro atoms. The Kier molecular flexibility index (Phi) is 3.19. The molecule has 16 heavy (non-hydrogen) atoms. The number of allylic oxidation sites excluding steroid dienone is 1. The molecule has 1 aliphatic rings. The topological polar surface area (TPSA) is 43.4 Å². The first kappa shape index (κ1) is 11.1. The van der Waals surface area contributed by atoms with Crippen LogP contribution in [0.5, 0.6) is 0 Å². The molecule has 1 aromatic carbocycles. The molecule has 1 heterocycles. The van der Waals surface area contributed by atoms with Gasteiger partial charge in [-0.1, -0.05) is 34.1 Å². The van der Waals surface area contributed by atoms with Crippen LogP contribution in [-0.2, 0) is 4.74 Å². The van der Waals surface area contributed by atoms with Gasteiger partial charge in [-0.3, -0.25) is 0 Å². The van der Waals surface area contributed by atoms with Crippen LogP contribution in [0.3, 0.4) is 0 Å². The third kappa shape index (κ3) is 2.07. The van der Waals surface area contributed by atoms with Crippen molar-refractivity contribution in [3.05, 3.63) is 41.0 Å². The molecule has 1 aromatic rings. The minimum Gasteiger partial charge on any atom is -0.386 e. The Labute approximate surface area is 101 Å². The predicted octanol–water partition coefficient (Wildman–Crippen LogP) is 2.80. The Balaban J connectivity index is 2.30. The number of halogens is 1. The van der Waals surface area contributed by atoms with Crippen molar-refractivity contribution >= 4 is 33.9 Å². The van der Waals surface area contributed by atoms with Crippen LogP contribution < -0.4 is 0 Å². The summed E-state index contributed by atoms with van der Waals surface area (Å²) in [7, 11) is 0. The van der Waals surface area contributed by atoms with Crippen LogP contribution in [0.25, 0.3) is 6.08 Å². The average molecular weight is 281 g/mol. The highest BCUT2D eigenvalue weighted by Crippen LogP contribution is 2.21. The van der Waals surface area contributed by atoms with Gasteiger partial charge in [-0.15, -0.1) is 0 Å². The van der Waals surface area contributed by atoms with Crippen molar-refractivity contribution in [3.8, 4) is 0 Å². The Morgan fingerprint density at radius 3 is 2.69 bits per heavy atom. The van der Waals surface area contributed by atoms with Gasteiger partial charge in [0.1, 0.15) is 0 Å². The molecule has 0 bridgehead atoms. The number of esters is 2. The number of fused-ring (bicyclic) bond motifs is 1. The number of benzene rings is 1. The standard InChI is InChI=1S/C12H9BrO3/c13-6-2-1-3-8-4-5-9-10(7-8)12(15)16-11(9)14/h1,3-5,7H,2,6H2. The maximum Gasteiger partial charge on any atom is 0.346 e. The molecule has 0 amide bonds. The molecule has 0 radical (unpaired) electrons. The van der Waals surface area contributed by atoms with Gasteiger partial charge in [-0.2, -0.15) is 0 Å². The summed E-state index contributed by atoms with van der Waals surface area (Å²) in [6, 6.07) is 5.09. The van der Waals surface area contributed by atoms with E-state index in [1.807, 2.05) is 12.2 Å². The van der Waals surface area contributed by atoms with Crippen molar-refractivity contribution < 1.29 is 14.3 Å². The van der Waals surface area contributed by atoms with E-state index >= 15 is 0 Å². The van der Waals surface area contributed by atoms with E-state index < -0.39 is 11.9 Å². The predicted molar refractivity (Wildman–Crippen MR) is 63.6 cm³/mol. The van der Waals surface area contributed by atoms with Crippen molar-refractivity contribution in [3.63, 3.8) is 0 Å². The van der Waals surface area contributed by atoms with Gasteiger partial charge in [0.2, 0.25) is 0 Å². The summed E-state index contributed by atoms with van der Waals surface area (Å²) in [6.07, 6.45) is 4.83. The molecular weight excluding hydrogens is 272 g/mol. The quantitative estimate of drug-likeness (QED) is 0.486. The van der Waals surface area contributed by atoms with Gasteiger partial charge in [-0.25, -0.2) is 9.59 Å². The van der Waals surface area contributed by atoms with Gasteiger partial charge in [0.25, 0.3) is 0 Å². The molecule has 0 atom stereocenters. The lowest BCUT2D eigenvalue weighted by Crippen LogP contribution is -1.96. The molecule has 0 N–H and O–H groups in total. The lowest BCUT2D eigenvalue weighted by molar-refractivity contribution is 0.0444. The molecule has 0 saturated carbocycles. The van der Waals surface area contributed by atoms with Crippen molar-refractivity contribution in [2.75, 3.05) is 5.33 Å². The van der Waals surface area contributed by atoms with E-state index in [1.165, 1.54) is 0 Å². The van der Waals surface area contributed by atoms with E-state index in [9.17, 15) is 9.59 Å². The number of carbonyl (C=O) groups is 2. The van der Waals surface area contributed by atoms with Crippen LogP contribution >= 0.6 is 15.9 Å². The minimum atomic E-state index is -0.559. The molecule has 0 aliphatic carbocycles. The molecule has 0 fully saturated rings. The average Bonchev–Trinajstić information content (AvgIpc) is 2.55. The fourth-order valence-corrected chi connectivity index (χ4v) is 1.75. The summed E-state index contributed by atoms with van der Waals surface area (Å²) in [5, 5.41) is 0.898.